The van der Waals surface area contributed by atoms with Crippen LogP contribution < -0.4 is 0 Å². The molecule has 0 aromatic rings. The van der Waals surface area contributed by atoms with Gasteiger partial charge in [-0.2, -0.15) is 0 Å². The van der Waals surface area contributed by atoms with E-state index in [1.807, 2.05) is 27.7 Å². The molecule has 0 radical (unpaired) electrons. The largest absolute Gasteiger partial charge is 0.463 e. The van der Waals surface area contributed by atoms with Gasteiger partial charge in [-0.15, -0.1) is 0 Å². The molecule has 2 heteroatoms. The van der Waals surface area contributed by atoms with E-state index in [-0.39, 0.29) is 12.1 Å². The summed E-state index contributed by atoms with van der Waals surface area (Å²) < 4.78 is 5.07. The first-order chi connectivity index (χ1) is 5.06. The van der Waals surface area contributed by atoms with Crippen LogP contribution in [0.25, 0.3) is 0 Å². The molecular formula is C9H18O2. The Morgan fingerprint density at radius 2 is 1.91 bits per heavy atom. The van der Waals surface area contributed by atoms with Crippen LogP contribution in [-0.2, 0) is 9.53 Å². The maximum absolute atomic E-state index is 11.0. The molecule has 11 heavy (non-hydrogen) atoms. The Balaban J connectivity index is 3.52. The molecule has 0 aliphatic carbocycles. The molecule has 0 saturated carbocycles. The molecule has 0 unspecified atom stereocenters. The lowest BCUT2D eigenvalue weighted by molar-refractivity contribution is -0.149. The SMILES string of the molecule is CC[C@@H](C)OC(=O)CC(C)C. The normalized spacial score (nSPS) is 13.2. The summed E-state index contributed by atoms with van der Waals surface area (Å²) >= 11 is 0. The first-order valence-corrected chi connectivity index (χ1v) is 4.25. The summed E-state index contributed by atoms with van der Waals surface area (Å²) in [6.45, 7) is 7.95. The fraction of sp³-hybridized carbons (Fsp3) is 0.889. The van der Waals surface area contributed by atoms with Gasteiger partial charge in [-0.3, -0.25) is 4.79 Å². The van der Waals surface area contributed by atoms with E-state index in [0.717, 1.165) is 6.42 Å². The third kappa shape index (κ3) is 5.89. The van der Waals surface area contributed by atoms with Gasteiger partial charge in [0, 0.05) is 6.42 Å². The number of carbonyl (C=O) groups is 1. The van der Waals surface area contributed by atoms with Crippen LogP contribution in [-0.4, -0.2) is 12.1 Å². The van der Waals surface area contributed by atoms with Crippen molar-refractivity contribution >= 4 is 5.97 Å². The Morgan fingerprint density at radius 1 is 1.36 bits per heavy atom. The van der Waals surface area contributed by atoms with Crippen LogP contribution in [0.3, 0.4) is 0 Å². The molecule has 0 fully saturated rings. The fourth-order valence-electron chi connectivity index (χ4n) is 0.689. The molecule has 0 aromatic carbocycles. The Bertz CT molecular complexity index is 119. The Hall–Kier alpha value is -0.530. The molecule has 0 aromatic heterocycles. The zero-order valence-electron chi connectivity index (χ0n) is 7.89. The van der Waals surface area contributed by atoms with E-state index in [2.05, 4.69) is 0 Å². The van der Waals surface area contributed by atoms with Crippen LogP contribution in [0.5, 0.6) is 0 Å². The van der Waals surface area contributed by atoms with Crippen LogP contribution in [0, 0.1) is 5.92 Å². The van der Waals surface area contributed by atoms with Gasteiger partial charge in [0.1, 0.15) is 0 Å². The van der Waals surface area contributed by atoms with Gasteiger partial charge in [-0.05, 0) is 19.3 Å². The van der Waals surface area contributed by atoms with Crippen molar-refractivity contribution in [2.45, 2.75) is 46.6 Å². The lowest BCUT2D eigenvalue weighted by Crippen LogP contribution is -2.15. The Labute approximate surface area is 68.9 Å². The summed E-state index contributed by atoms with van der Waals surface area (Å²) in [4.78, 5) is 11.0. The molecule has 0 heterocycles. The first-order valence-electron chi connectivity index (χ1n) is 4.25. The maximum atomic E-state index is 11.0. The number of ether oxygens (including phenoxy) is 1. The van der Waals surface area contributed by atoms with E-state index in [0.29, 0.717) is 12.3 Å². The van der Waals surface area contributed by atoms with Crippen molar-refractivity contribution in [1.82, 2.24) is 0 Å². The van der Waals surface area contributed by atoms with E-state index in [9.17, 15) is 4.79 Å². The third-order valence-electron chi connectivity index (χ3n) is 1.48. The lowest BCUT2D eigenvalue weighted by Gasteiger charge is -2.11. The summed E-state index contributed by atoms with van der Waals surface area (Å²) in [7, 11) is 0. The van der Waals surface area contributed by atoms with Crippen LogP contribution in [0.1, 0.15) is 40.5 Å². The highest BCUT2D eigenvalue weighted by molar-refractivity contribution is 5.69. The van der Waals surface area contributed by atoms with Gasteiger partial charge in [-0.25, -0.2) is 0 Å². The topological polar surface area (TPSA) is 26.3 Å². The molecular weight excluding hydrogens is 140 g/mol. The monoisotopic (exact) mass is 158 g/mol. The quantitative estimate of drug-likeness (QED) is 0.587. The van der Waals surface area contributed by atoms with E-state index >= 15 is 0 Å². The smallest absolute Gasteiger partial charge is 0.306 e. The second kappa shape index (κ2) is 5.16. The van der Waals surface area contributed by atoms with Crippen LogP contribution in [0.4, 0.5) is 0 Å². The number of hydrogen-bond donors (Lipinski definition) is 0. The zero-order valence-corrected chi connectivity index (χ0v) is 7.89. The highest BCUT2D eigenvalue weighted by Gasteiger charge is 2.08. The van der Waals surface area contributed by atoms with Crippen molar-refractivity contribution < 1.29 is 9.53 Å². The van der Waals surface area contributed by atoms with Gasteiger partial charge in [0.25, 0.3) is 0 Å². The third-order valence-corrected chi connectivity index (χ3v) is 1.48. The molecule has 1 atom stereocenters. The number of hydrogen-bond acceptors (Lipinski definition) is 2. The van der Waals surface area contributed by atoms with Crippen LogP contribution >= 0.6 is 0 Å². The molecule has 0 aliphatic rings. The number of carbonyl (C=O) groups excluding carboxylic acids is 1. The van der Waals surface area contributed by atoms with E-state index < -0.39 is 0 Å². The van der Waals surface area contributed by atoms with Crippen molar-refractivity contribution in [1.29, 1.82) is 0 Å². The lowest BCUT2D eigenvalue weighted by atomic mass is 10.1. The first kappa shape index (κ1) is 10.5. The second-order valence-corrected chi connectivity index (χ2v) is 3.31. The second-order valence-electron chi connectivity index (χ2n) is 3.31. The van der Waals surface area contributed by atoms with Gasteiger partial charge in [0.05, 0.1) is 6.10 Å². The fourth-order valence-corrected chi connectivity index (χ4v) is 0.689. The Kier molecular flexibility index (Phi) is 4.92. The average molecular weight is 158 g/mol. The van der Waals surface area contributed by atoms with Crippen LogP contribution in [0.2, 0.25) is 0 Å². The minimum Gasteiger partial charge on any atom is -0.463 e. The zero-order chi connectivity index (χ0) is 8.85. The molecule has 0 aliphatic heterocycles. The predicted octanol–water partition coefficient (Wildman–Crippen LogP) is 2.37. The van der Waals surface area contributed by atoms with Crippen molar-refractivity contribution in [3.8, 4) is 0 Å². The number of rotatable bonds is 4. The van der Waals surface area contributed by atoms with Crippen molar-refractivity contribution in [2.24, 2.45) is 5.92 Å². The van der Waals surface area contributed by atoms with Crippen molar-refractivity contribution in [3.05, 3.63) is 0 Å². The van der Waals surface area contributed by atoms with Gasteiger partial charge >= 0.3 is 5.97 Å². The minimum atomic E-state index is -0.0747. The van der Waals surface area contributed by atoms with Gasteiger partial charge in [0.15, 0.2) is 0 Å². The average Bonchev–Trinajstić information content (AvgIpc) is 1.85. The summed E-state index contributed by atoms with van der Waals surface area (Å²) in [6, 6.07) is 0. The number of esters is 1. The molecule has 0 bridgehead atoms. The maximum Gasteiger partial charge on any atom is 0.306 e. The molecule has 0 spiro atoms. The molecule has 0 amide bonds. The van der Waals surface area contributed by atoms with Crippen molar-refractivity contribution in [3.63, 3.8) is 0 Å². The van der Waals surface area contributed by atoms with E-state index in [1.54, 1.807) is 0 Å². The Morgan fingerprint density at radius 3 is 2.27 bits per heavy atom. The van der Waals surface area contributed by atoms with E-state index in [1.165, 1.54) is 0 Å². The molecule has 0 saturated heterocycles. The summed E-state index contributed by atoms with van der Waals surface area (Å²) in [5, 5.41) is 0. The highest BCUT2D eigenvalue weighted by Crippen LogP contribution is 2.04. The van der Waals surface area contributed by atoms with Crippen LogP contribution in [0.15, 0.2) is 0 Å². The van der Waals surface area contributed by atoms with Gasteiger partial charge in [-0.1, -0.05) is 20.8 Å². The molecule has 0 rings (SSSR count). The predicted molar refractivity (Wildman–Crippen MR) is 45.3 cm³/mol. The summed E-state index contributed by atoms with van der Waals surface area (Å²) in [5.41, 5.74) is 0. The van der Waals surface area contributed by atoms with E-state index in [4.69, 9.17) is 4.74 Å². The van der Waals surface area contributed by atoms with Crippen molar-refractivity contribution in [2.75, 3.05) is 0 Å². The molecule has 2 nitrogen and oxygen atoms in total. The highest BCUT2D eigenvalue weighted by atomic mass is 16.5. The molecule has 0 N–H and O–H groups in total. The summed E-state index contributed by atoms with van der Waals surface area (Å²) in [6.07, 6.45) is 1.50. The minimum absolute atomic E-state index is 0.0706. The van der Waals surface area contributed by atoms with Gasteiger partial charge in [0.2, 0.25) is 0 Å². The summed E-state index contributed by atoms with van der Waals surface area (Å²) in [5.74, 6) is 0.320. The standard InChI is InChI=1S/C9H18O2/c1-5-8(4)11-9(10)6-7(2)3/h7-8H,5-6H2,1-4H3/t8-/m1/s1. The van der Waals surface area contributed by atoms with Gasteiger partial charge < -0.3 is 4.74 Å². The molecule has 66 valence electrons.